The second kappa shape index (κ2) is 5.20. The fraction of sp³-hybridized carbons (Fsp3) is 0.538. The van der Waals surface area contributed by atoms with Crippen molar-refractivity contribution in [2.75, 3.05) is 13.1 Å². The van der Waals surface area contributed by atoms with E-state index in [1.54, 1.807) is 11.3 Å². The van der Waals surface area contributed by atoms with Crippen molar-refractivity contribution < 1.29 is 4.52 Å². The number of likely N-dealkylation sites (tertiary alicyclic amines) is 1. The first kappa shape index (κ1) is 11.9. The standard InChI is InChI=1S/C13H17N3OS/c1-10-4-2-6-16(8-10)9-12-14-13(15-17-12)11-5-3-7-18-11/h3,5,7,10H,2,4,6,8-9H2,1H3/t10-/m1/s1. The third kappa shape index (κ3) is 2.62. The molecule has 96 valence electrons. The Morgan fingerprint density at radius 3 is 3.28 bits per heavy atom. The molecule has 0 N–H and O–H groups in total. The lowest BCUT2D eigenvalue weighted by molar-refractivity contribution is 0.157. The number of thiophene rings is 1. The van der Waals surface area contributed by atoms with Gasteiger partial charge in [-0.1, -0.05) is 18.1 Å². The van der Waals surface area contributed by atoms with Gasteiger partial charge in [-0.15, -0.1) is 11.3 Å². The highest BCUT2D eigenvalue weighted by atomic mass is 32.1. The second-order valence-corrected chi connectivity index (χ2v) is 5.92. The summed E-state index contributed by atoms with van der Waals surface area (Å²) in [6.07, 6.45) is 2.61. The number of rotatable bonds is 3. The van der Waals surface area contributed by atoms with Crippen LogP contribution in [0, 0.1) is 5.92 Å². The lowest BCUT2D eigenvalue weighted by Gasteiger charge is -2.29. The molecule has 1 saturated heterocycles. The minimum atomic E-state index is 0.713. The van der Waals surface area contributed by atoms with Gasteiger partial charge in [0.25, 0.3) is 0 Å². The molecule has 3 rings (SSSR count). The molecular formula is C13H17N3OS. The highest BCUT2D eigenvalue weighted by molar-refractivity contribution is 7.13. The van der Waals surface area contributed by atoms with Crippen LogP contribution in [0.5, 0.6) is 0 Å². The Hall–Kier alpha value is -1.20. The van der Waals surface area contributed by atoms with E-state index in [0.29, 0.717) is 5.82 Å². The molecule has 0 saturated carbocycles. The molecule has 0 aromatic carbocycles. The summed E-state index contributed by atoms with van der Waals surface area (Å²) in [5.74, 6) is 2.22. The highest BCUT2D eigenvalue weighted by Gasteiger charge is 2.19. The van der Waals surface area contributed by atoms with E-state index in [2.05, 4.69) is 22.0 Å². The minimum absolute atomic E-state index is 0.713. The van der Waals surface area contributed by atoms with Crippen LogP contribution in [-0.2, 0) is 6.54 Å². The average Bonchev–Trinajstić information content (AvgIpc) is 2.98. The van der Waals surface area contributed by atoms with Crippen LogP contribution in [0.2, 0.25) is 0 Å². The van der Waals surface area contributed by atoms with Crippen LogP contribution in [-0.4, -0.2) is 28.1 Å². The Morgan fingerprint density at radius 2 is 2.50 bits per heavy atom. The SMILES string of the molecule is C[C@@H]1CCCN(Cc2nc(-c3cccs3)no2)C1. The van der Waals surface area contributed by atoms with Crippen molar-refractivity contribution >= 4 is 11.3 Å². The predicted molar refractivity (Wildman–Crippen MR) is 71.3 cm³/mol. The van der Waals surface area contributed by atoms with E-state index < -0.39 is 0 Å². The largest absolute Gasteiger partial charge is 0.338 e. The smallest absolute Gasteiger partial charge is 0.241 e. The average molecular weight is 263 g/mol. The molecule has 18 heavy (non-hydrogen) atoms. The number of hydrogen-bond donors (Lipinski definition) is 0. The van der Waals surface area contributed by atoms with E-state index in [9.17, 15) is 0 Å². The number of hydrogen-bond acceptors (Lipinski definition) is 5. The van der Waals surface area contributed by atoms with Crippen molar-refractivity contribution in [3.05, 3.63) is 23.4 Å². The zero-order chi connectivity index (χ0) is 12.4. The molecule has 1 aliphatic heterocycles. The third-order valence-corrected chi connectivity index (χ3v) is 4.18. The van der Waals surface area contributed by atoms with Crippen molar-refractivity contribution in [2.24, 2.45) is 5.92 Å². The first-order valence-corrected chi connectivity index (χ1v) is 7.28. The molecule has 2 aromatic heterocycles. The molecule has 1 fully saturated rings. The molecule has 0 radical (unpaired) electrons. The summed E-state index contributed by atoms with van der Waals surface area (Å²) in [5.41, 5.74) is 0. The summed E-state index contributed by atoms with van der Waals surface area (Å²) in [7, 11) is 0. The molecule has 1 aliphatic rings. The van der Waals surface area contributed by atoms with Gasteiger partial charge < -0.3 is 4.52 Å². The Labute approximate surface area is 111 Å². The Bertz CT molecular complexity index is 494. The molecule has 0 amide bonds. The van der Waals surface area contributed by atoms with Gasteiger partial charge in [-0.25, -0.2) is 0 Å². The molecule has 2 aromatic rings. The summed E-state index contributed by atoms with van der Waals surface area (Å²) in [6, 6.07) is 4.02. The molecule has 0 spiro atoms. The number of nitrogens with zero attached hydrogens (tertiary/aromatic N) is 3. The van der Waals surface area contributed by atoms with Gasteiger partial charge in [0, 0.05) is 6.54 Å². The summed E-state index contributed by atoms with van der Waals surface area (Å²) in [5, 5.41) is 6.07. The van der Waals surface area contributed by atoms with Crippen LogP contribution in [0.4, 0.5) is 0 Å². The number of aromatic nitrogens is 2. The quantitative estimate of drug-likeness (QED) is 0.853. The van der Waals surface area contributed by atoms with Gasteiger partial charge in [0.2, 0.25) is 11.7 Å². The fourth-order valence-corrected chi connectivity index (χ4v) is 3.10. The summed E-state index contributed by atoms with van der Waals surface area (Å²) >= 11 is 1.64. The first-order valence-electron chi connectivity index (χ1n) is 6.40. The zero-order valence-electron chi connectivity index (χ0n) is 10.5. The maximum atomic E-state index is 5.33. The second-order valence-electron chi connectivity index (χ2n) is 4.97. The number of piperidine rings is 1. The molecule has 3 heterocycles. The molecule has 5 heteroatoms. The molecule has 0 aliphatic carbocycles. The van der Waals surface area contributed by atoms with Crippen molar-refractivity contribution in [3.63, 3.8) is 0 Å². The molecule has 0 bridgehead atoms. The molecule has 1 atom stereocenters. The lowest BCUT2D eigenvalue weighted by Crippen LogP contribution is -2.33. The van der Waals surface area contributed by atoms with Gasteiger partial charge in [0.1, 0.15) is 0 Å². The summed E-state index contributed by atoms with van der Waals surface area (Å²) < 4.78 is 5.33. The topological polar surface area (TPSA) is 42.2 Å². The maximum absolute atomic E-state index is 5.33. The van der Waals surface area contributed by atoms with Crippen LogP contribution in [0.15, 0.2) is 22.0 Å². The van der Waals surface area contributed by atoms with E-state index in [-0.39, 0.29) is 0 Å². The van der Waals surface area contributed by atoms with Crippen molar-refractivity contribution in [1.29, 1.82) is 0 Å². The van der Waals surface area contributed by atoms with Crippen LogP contribution in [0.1, 0.15) is 25.7 Å². The monoisotopic (exact) mass is 263 g/mol. The highest BCUT2D eigenvalue weighted by Crippen LogP contribution is 2.22. The van der Waals surface area contributed by atoms with Crippen LogP contribution in [0.3, 0.4) is 0 Å². The van der Waals surface area contributed by atoms with Gasteiger partial charge >= 0.3 is 0 Å². The van der Waals surface area contributed by atoms with E-state index in [0.717, 1.165) is 36.3 Å². The van der Waals surface area contributed by atoms with Gasteiger partial charge in [-0.3, -0.25) is 4.90 Å². The molecule has 4 nitrogen and oxygen atoms in total. The van der Waals surface area contributed by atoms with Crippen molar-refractivity contribution in [3.8, 4) is 10.7 Å². The summed E-state index contributed by atoms with van der Waals surface area (Å²) in [4.78, 5) is 7.93. The maximum Gasteiger partial charge on any atom is 0.241 e. The first-order chi connectivity index (χ1) is 8.81. The fourth-order valence-electron chi connectivity index (χ4n) is 2.45. The van der Waals surface area contributed by atoms with Gasteiger partial charge in [0.05, 0.1) is 11.4 Å². The van der Waals surface area contributed by atoms with E-state index in [1.807, 2.05) is 17.5 Å². The Morgan fingerprint density at radius 1 is 1.56 bits per heavy atom. The summed E-state index contributed by atoms with van der Waals surface area (Å²) in [6.45, 7) is 5.36. The Kier molecular flexibility index (Phi) is 3.43. The van der Waals surface area contributed by atoms with Crippen LogP contribution < -0.4 is 0 Å². The van der Waals surface area contributed by atoms with Crippen LogP contribution in [0.25, 0.3) is 10.7 Å². The van der Waals surface area contributed by atoms with Gasteiger partial charge in [-0.2, -0.15) is 4.98 Å². The normalized spacial score (nSPS) is 21.3. The van der Waals surface area contributed by atoms with Crippen LogP contribution >= 0.6 is 11.3 Å². The van der Waals surface area contributed by atoms with Gasteiger partial charge in [0.15, 0.2) is 0 Å². The third-order valence-electron chi connectivity index (χ3n) is 3.31. The Balaban J connectivity index is 1.66. The van der Waals surface area contributed by atoms with Crippen molar-refractivity contribution in [2.45, 2.75) is 26.3 Å². The van der Waals surface area contributed by atoms with E-state index in [1.165, 1.54) is 12.8 Å². The molecular weight excluding hydrogens is 246 g/mol. The van der Waals surface area contributed by atoms with E-state index in [4.69, 9.17) is 4.52 Å². The van der Waals surface area contributed by atoms with E-state index >= 15 is 0 Å². The lowest BCUT2D eigenvalue weighted by atomic mass is 10.0. The van der Waals surface area contributed by atoms with Crippen molar-refractivity contribution in [1.82, 2.24) is 15.0 Å². The van der Waals surface area contributed by atoms with Gasteiger partial charge in [-0.05, 0) is 36.8 Å². The zero-order valence-corrected chi connectivity index (χ0v) is 11.3. The minimum Gasteiger partial charge on any atom is -0.338 e. The molecule has 0 unspecified atom stereocenters. The predicted octanol–water partition coefficient (Wildman–Crippen LogP) is 3.03.